The molecule has 0 aromatic heterocycles. The maximum atomic E-state index is 12.8. The molecule has 5 rings (SSSR count). The van der Waals surface area contributed by atoms with E-state index in [0.29, 0.717) is 56.3 Å². The first-order valence-electron chi connectivity index (χ1n) is 10.9. The quantitative estimate of drug-likeness (QED) is 0.383. The van der Waals surface area contributed by atoms with Crippen LogP contribution < -0.4 is 9.47 Å². The van der Waals surface area contributed by atoms with Crippen LogP contribution in [0.3, 0.4) is 0 Å². The highest BCUT2D eigenvalue weighted by molar-refractivity contribution is 6.02. The maximum absolute atomic E-state index is 12.8. The van der Waals surface area contributed by atoms with Gasteiger partial charge in [0, 0.05) is 29.9 Å². The van der Waals surface area contributed by atoms with Gasteiger partial charge < -0.3 is 28.4 Å². The molecule has 0 N–H and O–H groups in total. The Labute approximate surface area is 185 Å². The van der Waals surface area contributed by atoms with E-state index < -0.39 is 11.7 Å². The molecule has 2 fully saturated rings. The number of nitrogens with zero attached hydrogens (tertiary/aromatic N) is 3. The number of allylic oxidation sites excluding steroid dienone is 1. The normalized spacial score (nSPS) is 23.9. The monoisotopic (exact) mass is 443 g/mol. The van der Waals surface area contributed by atoms with Crippen molar-refractivity contribution in [2.45, 2.75) is 57.2 Å². The Balaban J connectivity index is 1.52. The molecule has 3 heterocycles. The number of azide groups is 1. The van der Waals surface area contributed by atoms with Gasteiger partial charge >= 0.3 is 0 Å². The summed E-state index contributed by atoms with van der Waals surface area (Å²) in [5.41, 5.74) is 11.7. The van der Waals surface area contributed by atoms with Gasteiger partial charge in [0.05, 0.1) is 19.8 Å². The van der Waals surface area contributed by atoms with Gasteiger partial charge in [-0.1, -0.05) is 0 Å². The fourth-order valence-electron chi connectivity index (χ4n) is 4.69. The van der Waals surface area contributed by atoms with Crippen LogP contribution in [0.2, 0.25) is 0 Å². The number of carbonyl (C=O) groups excluding carboxylic acids is 1. The van der Waals surface area contributed by atoms with Crippen LogP contribution in [0.25, 0.3) is 16.0 Å². The summed E-state index contributed by atoms with van der Waals surface area (Å²) in [5.74, 6) is -0.229. The van der Waals surface area contributed by atoms with Gasteiger partial charge in [0.2, 0.25) is 12.7 Å². The van der Waals surface area contributed by atoms with Crippen LogP contribution in [0, 0.1) is 0 Å². The molecule has 32 heavy (non-hydrogen) atoms. The molecule has 1 spiro atoms. The molecule has 1 unspecified atom stereocenters. The molecule has 1 atom stereocenters. The fraction of sp³-hybridized carbons (Fsp3) is 0.591. The first-order valence-corrected chi connectivity index (χ1v) is 10.9. The largest absolute Gasteiger partial charge is 0.454 e. The SMILES string of the molecule is [N-]=[N+]=NC(=O)C1=C(c2cc3c(cc2COC2CCCCO2)OCO3)CCC2(C1)OCCO2. The van der Waals surface area contributed by atoms with E-state index in [4.69, 9.17) is 34.0 Å². The van der Waals surface area contributed by atoms with Crippen LogP contribution in [0.4, 0.5) is 0 Å². The molecule has 0 radical (unpaired) electrons. The van der Waals surface area contributed by atoms with Crippen molar-refractivity contribution in [1.29, 1.82) is 0 Å². The molecule has 4 aliphatic rings. The smallest absolute Gasteiger partial charge is 0.245 e. The summed E-state index contributed by atoms with van der Waals surface area (Å²) >= 11 is 0. The third-order valence-corrected chi connectivity index (χ3v) is 6.26. The van der Waals surface area contributed by atoms with E-state index in [1.165, 1.54) is 0 Å². The average Bonchev–Trinajstić information content (AvgIpc) is 3.47. The zero-order chi connectivity index (χ0) is 22.0. The average molecular weight is 443 g/mol. The van der Waals surface area contributed by atoms with Crippen molar-refractivity contribution in [3.8, 4) is 11.5 Å². The van der Waals surface area contributed by atoms with Crippen LogP contribution in [-0.2, 0) is 30.3 Å². The summed E-state index contributed by atoms with van der Waals surface area (Å²) < 4.78 is 34.5. The van der Waals surface area contributed by atoms with Crippen LogP contribution >= 0.6 is 0 Å². The van der Waals surface area contributed by atoms with Crippen molar-refractivity contribution < 1.29 is 33.2 Å². The third-order valence-electron chi connectivity index (χ3n) is 6.26. The fourth-order valence-corrected chi connectivity index (χ4v) is 4.69. The Kier molecular flexibility index (Phi) is 6.03. The van der Waals surface area contributed by atoms with E-state index in [9.17, 15) is 4.79 Å². The molecule has 1 aromatic rings. The van der Waals surface area contributed by atoms with E-state index in [-0.39, 0.29) is 19.5 Å². The van der Waals surface area contributed by atoms with Gasteiger partial charge in [-0.2, -0.15) is 0 Å². The standard InChI is InChI=1S/C22H25N3O7/c23-25-24-21(26)17-11-22(31-7-8-32-22)5-4-15(17)16-10-19-18(29-13-30-19)9-14(16)12-28-20-3-1-2-6-27-20/h9-10,20H,1-8,11-13H2. The van der Waals surface area contributed by atoms with Crippen LogP contribution in [0.5, 0.6) is 11.5 Å². The van der Waals surface area contributed by atoms with Gasteiger partial charge in [-0.3, -0.25) is 4.79 Å². The minimum Gasteiger partial charge on any atom is -0.454 e. The lowest BCUT2D eigenvalue weighted by molar-refractivity contribution is -0.169. The highest BCUT2D eigenvalue weighted by Crippen LogP contribution is 2.46. The van der Waals surface area contributed by atoms with E-state index in [2.05, 4.69) is 10.0 Å². The van der Waals surface area contributed by atoms with Crippen molar-refractivity contribution in [1.82, 2.24) is 0 Å². The maximum Gasteiger partial charge on any atom is 0.245 e. The predicted octanol–water partition coefficient (Wildman–Crippen LogP) is 3.98. The number of ether oxygens (including phenoxy) is 6. The summed E-state index contributed by atoms with van der Waals surface area (Å²) in [7, 11) is 0. The first-order chi connectivity index (χ1) is 15.7. The van der Waals surface area contributed by atoms with Crippen molar-refractivity contribution in [2.75, 3.05) is 26.6 Å². The van der Waals surface area contributed by atoms with Crippen molar-refractivity contribution >= 4 is 11.5 Å². The number of hydrogen-bond donors (Lipinski definition) is 0. The minimum atomic E-state index is -0.845. The van der Waals surface area contributed by atoms with Crippen molar-refractivity contribution in [3.05, 3.63) is 39.3 Å². The Bertz CT molecular complexity index is 974. The summed E-state index contributed by atoms with van der Waals surface area (Å²) in [5, 5.41) is 3.37. The van der Waals surface area contributed by atoms with E-state index in [1.54, 1.807) is 0 Å². The van der Waals surface area contributed by atoms with E-state index in [0.717, 1.165) is 36.0 Å². The summed E-state index contributed by atoms with van der Waals surface area (Å²) in [6.45, 7) is 2.07. The number of rotatable bonds is 5. The number of amides is 1. The van der Waals surface area contributed by atoms with Gasteiger partial charge in [-0.05, 0) is 65.2 Å². The molecular formula is C22H25N3O7. The molecular weight excluding hydrogens is 418 g/mol. The molecule has 170 valence electrons. The lowest BCUT2D eigenvalue weighted by atomic mass is 9.82. The van der Waals surface area contributed by atoms with Crippen LogP contribution in [-0.4, -0.2) is 44.6 Å². The second-order valence-electron chi connectivity index (χ2n) is 8.21. The molecule has 0 saturated carbocycles. The Hall–Kier alpha value is -2.62. The zero-order valence-corrected chi connectivity index (χ0v) is 17.7. The molecule has 1 amide bonds. The topological polar surface area (TPSA) is 121 Å². The van der Waals surface area contributed by atoms with E-state index in [1.807, 2.05) is 12.1 Å². The van der Waals surface area contributed by atoms with Gasteiger partial charge in [-0.15, -0.1) is 0 Å². The molecule has 0 bridgehead atoms. The zero-order valence-electron chi connectivity index (χ0n) is 17.7. The van der Waals surface area contributed by atoms with Gasteiger partial charge in [-0.25, -0.2) is 0 Å². The summed E-state index contributed by atoms with van der Waals surface area (Å²) in [6, 6.07) is 3.76. The number of benzene rings is 1. The molecule has 10 nitrogen and oxygen atoms in total. The second-order valence-corrected chi connectivity index (χ2v) is 8.21. The summed E-state index contributed by atoms with van der Waals surface area (Å²) in [4.78, 5) is 15.5. The van der Waals surface area contributed by atoms with Crippen molar-refractivity contribution in [3.63, 3.8) is 0 Å². The number of carbonyl (C=O) groups is 1. The number of fused-ring (bicyclic) bond motifs is 1. The lowest BCUT2D eigenvalue weighted by Crippen LogP contribution is -2.35. The molecule has 1 aliphatic carbocycles. The highest BCUT2D eigenvalue weighted by Gasteiger charge is 2.43. The minimum absolute atomic E-state index is 0.138. The molecule has 3 aliphatic heterocycles. The number of hydrogen-bond acceptors (Lipinski definition) is 7. The lowest BCUT2D eigenvalue weighted by Gasteiger charge is -2.34. The van der Waals surface area contributed by atoms with Gasteiger partial charge in [0.1, 0.15) is 0 Å². The van der Waals surface area contributed by atoms with Crippen LogP contribution in [0.1, 0.15) is 49.7 Å². The Morgan fingerprint density at radius 1 is 1.19 bits per heavy atom. The highest BCUT2D eigenvalue weighted by atomic mass is 16.7. The molecule has 2 saturated heterocycles. The molecule has 1 aromatic carbocycles. The molecule has 10 heteroatoms. The van der Waals surface area contributed by atoms with Crippen LogP contribution in [0.15, 0.2) is 22.8 Å². The first kappa shape index (κ1) is 21.2. The third kappa shape index (κ3) is 4.20. The Morgan fingerprint density at radius 3 is 2.75 bits per heavy atom. The van der Waals surface area contributed by atoms with Gasteiger partial charge in [0.25, 0.3) is 0 Å². The second kappa shape index (κ2) is 9.09. The van der Waals surface area contributed by atoms with E-state index >= 15 is 0 Å². The van der Waals surface area contributed by atoms with Gasteiger partial charge in [0.15, 0.2) is 23.6 Å². The van der Waals surface area contributed by atoms with Crippen molar-refractivity contribution in [2.24, 2.45) is 5.11 Å². The summed E-state index contributed by atoms with van der Waals surface area (Å²) in [6.07, 6.45) is 4.04. The predicted molar refractivity (Wildman–Crippen MR) is 111 cm³/mol. The Morgan fingerprint density at radius 2 is 2.00 bits per heavy atom.